The molecule has 3 rings (SSSR count). The first-order chi connectivity index (χ1) is 9.74. The lowest BCUT2D eigenvalue weighted by Crippen LogP contribution is -2.24. The Hall–Kier alpha value is -1.60. The zero-order valence-electron chi connectivity index (χ0n) is 12.4. The summed E-state index contributed by atoms with van der Waals surface area (Å²) in [5.74, 6) is 0.611. The number of fused-ring (bicyclic) bond motifs is 1. The van der Waals surface area contributed by atoms with Crippen molar-refractivity contribution in [1.29, 1.82) is 0 Å². The van der Waals surface area contributed by atoms with Crippen molar-refractivity contribution in [2.24, 2.45) is 0 Å². The van der Waals surface area contributed by atoms with Crippen molar-refractivity contribution in [1.82, 2.24) is 5.32 Å². The van der Waals surface area contributed by atoms with E-state index in [9.17, 15) is 0 Å². The molecule has 0 radical (unpaired) electrons. The number of nitrogens with one attached hydrogen (secondary N) is 1. The molecule has 1 nitrogen and oxygen atoms in total. The van der Waals surface area contributed by atoms with Gasteiger partial charge in [-0.2, -0.15) is 0 Å². The van der Waals surface area contributed by atoms with E-state index < -0.39 is 0 Å². The predicted octanol–water partition coefficient (Wildman–Crippen LogP) is 4.05. The minimum absolute atomic E-state index is 0.611. The Labute approximate surface area is 122 Å². The van der Waals surface area contributed by atoms with Gasteiger partial charge in [0.2, 0.25) is 0 Å². The van der Waals surface area contributed by atoms with Crippen LogP contribution in [0, 0.1) is 0 Å². The average Bonchev–Trinajstić information content (AvgIpc) is 2.48. The van der Waals surface area contributed by atoms with Gasteiger partial charge in [0.1, 0.15) is 0 Å². The molecule has 0 spiro atoms. The Bertz CT molecular complexity index is 581. The topological polar surface area (TPSA) is 12.0 Å². The molecule has 0 bridgehead atoms. The number of benzene rings is 2. The quantitative estimate of drug-likeness (QED) is 0.883. The molecule has 1 heterocycles. The second kappa shape index (κ2) is 5.80. The van der Waals surface area contributed by atoms with Crippen LogP contribution in [-0.2, 0) is 19.4 Å². The van der Waals surface area contributed by atoms with Crippen LogP contribution in [0.15, 0.2) is 42.5 Å². The summed E-state index contributed by atoms with van der Waals surface area (Å²) < 4.78 is 0. The first kappa shape index (κ1) is 13.4. The van der Waals surface area contributed by atoms with Gasteiger partial charge < -0.3 is 5.32 Å². The highest BCUT2D eigenvalue weighted by molar-refractivity contribution is 5.40. The Morgan fingerprint density at radius 1 is 1.05 bits per heavy atom. The number of hydrogen-bond acceptors (Lipinski definition) is 1. The van der Waals surface area contributed by atoms with Crippen LogP contribution < -0.4 is 5.32 Å². The fraction of sp³-hybridized carbons (Fsp3) is 0.368. The summed E-state index contributed by atoms with van der Waals surface area (Å²) in [5.41, 5.74) is 7.39. The normalized spacial score (nSPS) is 14.3. The molecule has 2 aromatic carbocycles. The molecular formula is C19H23N. The lowest BCUT2D eigenvalue weighted by atomic mass is 9.91. The third-order valence-corrected chi connectivity index (χ3v) is 4.28. The van der Waals surface area contributed by atoms with Gasteiger partial charge in [-0.05, 0) is 53.1 Å². The summed E-state index contributed by atoms with van der Waals surface area (Å²) in [5, 5.41) is 3.45. The van der Waals surface area contributed by atoms with Crippen molar-refractivity contribution in [2.75, 3.05) is 6.54 Å². The SMILES string of the molecule is CC(C)c1ccc(Cc2cccc3c2CCNC3)cc1. The minimum atomic E-state index is 0.611. The molecule has 0 saturated heterocycles. The molecule has 1 N–H and O–H groups in total. The molecule has 1 aliphatic heterocycles. The lowest BCUT2D eigenvalue weighted by molar-refractivity contribution is 0.640. The zero-order valence-corrected chi connectivity index (χ0v) is 12.4. The summed E-state index contributed by atoms with van der Waals surface area (Å²) in [6, 6.07) is 15.9. The number of rotatable bonds is 3. The summed E-state index contributed by atoms with van der Waals surface area (Å²) >= 11 is 0. The van der Waals surface area contributed by atoms with Crippen molar-refractivity contribution in [2.45, 2.75) is 39.2 Å². The highest BCUT2D eigenvalue weighted by Gasteiger charge is 2.12. The van der Waals surface area contributed by atoms with E-state index in [0.717, 1.165) is 25.9 Å². The minimum Gasteiger partial charge on any atom is -0.312 e. The Kier molecular flexibility index (Phi) is 3.88. The Morgan fingerprint density at radius 2 is 1.85 bits per heavy atom. The van der Waals surface area contributed by atoms with E-state index in [1.54, 1.807) is 5.56 Å². The van der Waals surface area contributed by atoms with E-state index in [1.807, 2.05) is 0 Å². The van der Waals surface area contributed by atoms with Gasteiger partial charge in [-0.25, -0.2) is 0 Å². The summed E-state index contributed by atoms with van der Waals surface area (Å²) in [6.07, 6.45) is 2.22. The van der Waals surface area contributed by atoms with Gasteiger partial charge in [-0.1, -0.05) is 56.3 Å². The number of hydrogen-bond donors (Lipinski definition) is 1. The van der Waals surface area contributed by atoms with Crippen LogP contribution in [0.5, 0.6) is 0 Å². The maximum Gasteiger partial charge on any atom is 0.0208 e. The van der Waals surface area contributed by atoms with Crippen LogP contribution in [0.1, 0.15) is 47.6 Å². The summed E-state index contributed by atoms with van der Waals surface area (Å²) in [4.78, 5) is 0. The second-order valence-corrected chi connectivity index (χ2v) is 6.05. The molecule has 2 aromatic rings. The van der Waals surface area contributed by atoms with Crippen molar-refractivity contribution < 1.29 is 0 Å². The molecule has 0 unspecified atom stereocenters. The molecule has 0 saturated carbocycles. The fourth-order valence-electron chi connectivity index (χ4n) is 3.02. The second-order valence-electron chi connectivity index (χ2n) is 6.05. The van der Waals surface area contributed by atoms with Gasteiger partial charge >= 0.3 is 0 Å². The first-order valence-corrected chi connectivity index (χ1v) is 7.63. The molecule has 0 fully saturated rings. The average molecular weight is 265 g/mol. The molecular weight excluding hydrogens is 242 g/mol. The zero-order chi connectivity index (χ0) is 13.9. The van der Waals surface area contributed by atoms with E-state index in [-0.39, 0.29) is 0 Å². The van der Waals surface area contributed by atoms with E-state index in [0.29, 0.717) is 5.92 Å². The molecule has 0 atom stereocenters. The maximum absolute atomic E-state index is 3.45. The molecule has 0 amide bonds. The van der Waals surface area contributed by atoms with Gasteiger partial charge in [0, 0.05) is 6.54 Å². The van der Waals surface area contributed by atoms with Gasteiger partial charge in [0.25, 0.3) is 0 Å². The van der Waals surface area contributed by atoms with E-state index >= 15 is 0 Å². The van der Waals surface area contributed by atoms with Crippen LogP contribution in [0.2, 0.25) is 0 Å². The molecule has 0 aromatic heterocycles. The van der Waals surface area contributed by atoms with Gasteiger partial charge in [-0.3, -0.25) is 0 Å². The van der Waals surface area contributed by atoms with Crippen molar-refractivity contribution >= 4 is 0 Å². The van der Waals surface area contributed by atoms with Crippen LogP contribution in [0.3, 0.4) is 0 Å². The summed E-state index contributed by atoms with van der Waals surface area (Å²) in [6.45, 7) is 6.62. The van der Waals surface area contributed by atoms with Gasteiger partial charge in [0.15, 0.2) is 0 Å². The van der Waals surface area contributed by atoms with Gasteiger partial charge in [-0.15, -0.1) is 0 Å². The monoisotopic (exact) mass is 265 g/mol. The largest absolute Gasteiger partial charge is 0.312 e. The van der Waals surface area contributed by atoms with Crippen LogP contribution in [0.25, 0.3) is 0 Å². The smallest absolute Gasteiger partial charge is 0.0208 e. The molecule has 0 aliphatic carbocycles. The van der Waals surface area contributed by atoms with Crippen molar-refractivity contribution in [3.8, 4) is 0 Å². The lowest BCUT2D eigenvalue weighted by Gasteiger charge is -2.20. The molecule has 1 heteroatoms. The molecule has 104 valence electrons. The van der Waals surface area contributed by atoms with Gasteiger partial charge in [0.05, 0.1) is 0 Å². The summed E-state index contributed by atoms with van der Waals surface area (Å²) in [7, 11) is 0. The Balaban J connectivity index is 1.84. The molecule has 1 aliphatic rings. The van der Waals surface area contributed by atoms with E-state index in [1.165, 1.54) is 22.3 Å². The van der Waals surface area contributed by atoms with Crippen LogP contribution in [-0.4, -0.2) is 6.54 Å². The van der Waals surface area contributed by atoms with Crippen LogP contribution >= 0.6 is 0 Å². The predicted molar refractivity (Wildman–Crippen MR) is 85.2 cm³/mol. The standard InChI is InChI=1S/C19H23N/c1-14(2)16-8-6-15(7-9-16)12-17-4-3-5-18-13-20-11-10-19(17)18/h3-9,14,20H,10-13H2,1-2H3. The van der Waals surface area contributed by atoms with E-state index in [2.05, 4.69) is 61.6 Å². The fourth-order valence-corrected chi connectivity index (χ4v) is 3.02. The molecule has 20 heavy (non-hydrogen) atoms. The first-order valence-electron chi connectivity index (χ1n) is 7.63. The highest BCUT2D eigenvalue weighted by atomic mass is 14.9. The van der Waals surface area contributed by atoms with E-state index in [4.69, 9.17) is 0 Å². The third-order valence-electron chi connectivity index (χ3n) is 4.28. The van der Waals surface area contributed by atoms with Crippen LogP contribution in [0.4, 0.5) is 0 Å². The van der Waals surface area contributed by atoms with Crippen molar-refractivity contribution in [3.05, 3.63) is 70.3 Å². The Morgan fingerprint density at radius 3 is 2.60 bits per heavy atom. The highest BCUT2D eigenvalue weighted by Crippen LogP contribution is 2.22. The third kappa shape index (κ3) is 2.78. The van der Waals surface area contributed by atoms with Crippen molar-refractivity contribution in [3.63, 3.8) is 0 Å². The maximum atomic E-state index is 3.45.